The normalized spacial score (nSPS) is 16.6. The van der Waals surface area contributed by atoms with Crippen LogP contribution in [0.4, 0.5) is 0 Å². The number of aromatic nitrogens is 3. The number of hydrogen-bond acceptors (Lipinski definition) is 2. The Hall–Kier alpha value is -1.68. The SMILES string of the molecule is CCCC1(Cn2c(=S)[nH]c3cnc4ccccc4c32)CC1. The van der Waals surface area contributed by atoms with Gasteiger partial charge >= 0.3 is 0 Å². The molecule has 21 heavy (non-hydrogen) atoms. The smallest absolute Gasteiger partial charge is 0.178 e. The molecule has 1 aliphatic rings. The lowest BCUT2D eigenvalue weighted by molar-refractivity contribution is 0.391. The predicted molar refractivity (Wildman–Crippen MR) is 89.0 cm³/mol. The molecule has 0 radical (unpaired) electrons. The van der Waals surface area contributed by atoms with Gasteiger partial charge in [-0.3, -0.25) is 4.98 Å². The molecule has 2 heterocycles. The van der Waals surface area contributed by atoms with Crippen LogP contribution in [0.3, 0.4) is 0 Å². The zero-order valence-corrected chi connectivity index (χ0v) is 13.0. The summed E-state index contributed by atoms with van der Waals surface area (Å²) < 4.78 is 3.13. The van der Waals surface area contributed by atoms with Gasteiger partial charge in [0.1, 0.15) is 0 Å². The van der Waals surface area contributed by atoms with E-state index in [2.05, 4.69) is 39.7 Å². The lowest BCUT2D eigenvalue weighted by Gasteiger charge is -2.16. The zero-order chi connectivity index (χ0) is 14.4. The molecule has 1 N–H and O–H groups in total. The molecule has 0 amide bonds. The number of rotatable bonds is 4. The molecular formula is C17H19N3S. The molecule has 0 atom stereocenters. The van der Waals surface area contributed by atoms with E-state index in [1.54, 1.807) is 0 Å². The maximum Gasteiger partial charge on any atom is 0.178 e. The third-order valence-electron chi connectivity index (χ3n) is 4.73. The highest BCUT2D eigenvalue weighted by atomic mass is 32.1. The predicted octanol–water partition coefficient (Wildman–Crippen LogP) is 4.83. The van der Waals surface area contributed by atoms with Crippen LogP contribution in [0.2, 0.25) is 0 Å². The van der Waals surface area contributed by atoms with Crippen LogP contribution in [-0.4, -0.2) is 14.5 Å². The number of H-pyrrole nitrogens is 1. The van der Waals surface area contributed by atoms with Gasteiger partial charge in [0, 0.05) is 11.9 Å². The van der Waals surface area contributed by atoms with Crippen molar-refractivity contribution in [1.29, 1.82) is 0 Å². The topological polar surface area (TPSA) is 33.6 Å². The summed E-state index contributed by atoms with van der Waals surface area (Å²) in [5.74, 6) is 0. The van der Waals surface area contributed by atoms with Gasteiger partial charge in [0.2, 0.25) is 0 Å². The summed E-state index contributed by atoms with van der Waals surface area (Å²) in [6.07, 6.45) is 7.11. The second-order valence-corrected chi connectivity index (χ2v) is 6.69. The molecule has 3 nitrogen and oxygen atoms in total. The first-order valence-electron chi connectivity index (χ1n) is 7.69. The van der Waals surface area contributed by atoms with Crippen LogP contribution in [0.25, 0.3) is 21.9 Å². The molecule has 0 unspecified atom stereocenters. The van der Waals surface area contributed by atoms with Crippen LogP contribution in [0.15, 0.2) is 30.5 Å². The molecule has 1 saturated carbocycles. The van der Waals surface area contributed by atoms with Crippen LogP contribution in [0.5, 0.6) is 0 Å². The highest BCUT2D eigenvalue weighted by Crippen LogP contribution is 2.51. The number of hydrogen-bond donors (Lipinski definition) is 1. The van der Waals surface area contributed by atoms with Crippen LogP contribution >= 0.6 is 12.2 Å². The fourth-order valence-electron chi connectivity index (χ4n) is 3.47. The lowest BCUT2D eigenvalue weighted by Crippen LogP contribution is -2.11. The van der Waals surface area contributed by atoms with Gasteiger partial charge in [-0.25, -0.2) is 0 Å². The number of nitrogens with zero attached hydrogens (tertiary/aromatic N) is 2. The molecule has 1 aromatic carbocycles. The van der Waals surface area contributed by atoms with Crippen molar-refractivity contribution in [3.8, 4) is 0 Å². The van der Waals surface area contributed by atoms with E-state index in [1.165, 1.54) is 36.6 Å². The maximum absolute atomic E-state index is 5.58. The van der Waals surface area contributed by atoms with Crippen LogP contribution in [-0.2, 0) is 6.54 Å². The molecule has 1 fully saturated rings. The van der Waals surface area contributed by atoms with E-state index in [4.69, 9.17) is 12.2 Å². The first kappa shape index (κ1) is 13.0. The van der Waals surface area contributed by atoms with Crippen molar-refractivity contribution in [3.05, 3.63) is 35.2 Å². The van der Waals surface area contributed by atoms with E-state index in [0.29, 0.717) is 5.41 Å². The fraction of sp³-hybridized carbons (Fsp3) is 0.412. The van der Waals surface area contributed by atoms with E-state index < -0.39 is 0 Å². The van der Waals surface area contributed by atoms with Gasteiger partial charge < -0.3 is 9.55 Å². The van der Waals surface area contributed by atoms with Gasteiger partial charge in [0.15, 0.2) is 4.77 Å². The number of nitrogens with one attached hydrogen (secondary N) is 1. The molecule has 4 heteroatoms. The van der Waals surface area contributed by atoms with Gasteiger partial charge in [-0.05, 0) is 43.0 Å². The summed E-state index contributed by atoms with van der Waals surface area (Å²) in [7, 11) is 0. The first-order valence-corrected chi connectivity index (χ1v) is 8.09. The monoisotopic (exact) mass is 297 g/mol. The quantitative estimate of drug-likeness (QED) is 0.700. The lowest BCUT2D eigenvalue weighted by atomic mass is 10.0. The Bertz CT molecular complexity index is 870. The van der Waals surface area contributed by atoms with Crippen molar-refractivity contribution < 1.29 is 0 Å². The van der Waals surface area contributed by atoms with E-state index in [1.807, 2.05) is 12.3 Å². The first-order chi connectivity index (χ1) is 10.2. The van der Waals surface area contributed by atoms with E-state index in [0.717, 1.165) is 22.3 Å². The third kappa shape index (κ3) is 2.09. The van der Waals surface area contributed by atoms with Crippen molar-refractivity contribution in [1.82, 2.24) is 14.5 Å². The van der Waals surface area contributed by atoms with Crippen LogP contribution in [0, 0.1) is 10.2 Å². The summed E-state index contributed by atoms with van der Waals surface area (Å²) in [4.78, 5) is 7.85. The minimum atomic E-state index is 0.479. The average Bonchev–Trinajstić information content (AvgIpc) is 3.17. The van der Waals surface area contributed by atoms with Crippen molar-refractivity contribution in [2.75, 3.05) is 0 Å². The maximum atomic E-state index is 5.58. The minimum absolute atomic E-state index is 0.479. The van der Waals surface area contributed by atoms with Gasteiger partial charge in [0.25, 0.3) is 0 Å². The molecule has 0 bridgehead atoms. The van der Waals surface area contributed by atoms with Crippen molar-refractivity contribution in [2.45, 2.75) is 39.2 Å². The number of para-hydroxylation sites is 1. The summed E-state index contributed by atoms with van der Waals surface area (Å²) in [5.41, 5.74) is 3.78. The molecular weight excluding hydrogens is 278 g/mol. The Labute approximate surface area is 129 Å². The van der Waals surface area contributed by atoms with Crippen molar-refractivity contribution in [2.24, 2.45) is 5.41 Å². The largest absolute Gasteiger partial charge is 0.329 e. The second kappa shape index (κ2) is 4.67. The second-order valence-electron chi connectivity index (χ2n) is 6.30. The van der Waals surface area contributed by atoms with Crippen molar-refractivity contribution >= 4 is 34.2 Å². The third-order valence-corrected chi connectivity index (χ3v) is 5.06. The van der Waals surface area contributed by atoms with E-state index >= 15 is 0 Å². The minimum Gasteiger partial charge on any atom is -0.329 e. The van der Waals surface area contributed by atoms with Crippen LogP contribution in [0.1, 0.15) is 32.6 Å². The van der Waals surface area contributed by atoms with Gasteiger partial charge in [-0.15, -0.1) is 0 Å². The Morgan fingerprint density at radius 2 is 2.14 bits per heavy atom. The number of fused-ring (bicyclic) bond motifs is 3. The molecule has 4 rings (SSSR count). The average molecular weight is 297 g/mol. The van der Waals surface area contributed by atoms with Crippen molar-refractivity contribution in [3.63, 3.8) is 0 Å². The zero-order valence-electron chi connectivity index (χ0n) is 12.2. The summed E-state index contributed by atoms with van der Waals surface area (Å²) in [6, 6.07) is 8.31. The molecule has 2 aromatic heterocycles. The molecule has 0 saturated heterocycles. The number of benzene rings is 1. The molecule has 3 aromatic rings. The van der Waals surface area contributed by atoms with E-state index in [-0.39, 0.29) is 0 Å². The molecule has 1 aliphatic carbocycles. The van der Waals surface area contributed by atoms with Gasteiger partial charge in [-0.1, -0.05) is 31.5 Å². The Morgan fingerprint density at radius 3 is 2.90 bits per heavy atom. The molecule has 108 valence electrons. The van der Waals surface area contributed by atoms with Crippen LogP contribution < -0.4 is 0 Å². The highest BCUT2D eigenvalue weighted by molar-refractivity contribution is 7.71. The molecule has 0 aliphatic heterocycles. The number of pyridine rings is 1. The summed E-state index contributed by atoms with van der Waals surface area (Å²) in [6.45, 7) is 3.31. The van der Waals surface area contributed by atoms with Gasteiger partial charge in [-0.2, -0.15) is 0 Å². The number of aromatic amines is 1. The summed E-state index contributed by atoms with van der Waals surface area (Å²) >= 11 is 5.58. The Morgan fingerprint density at radius 1 is 1.33 bits per heavy atom. The Kier molecular flexibility index (Phi) is 2.89. The fourth-order valence-corrected chi connectivity index (χ4v) is 3.74. The standard InChI is InChI=1S/C17H19N3S/c1-2-7-17(8-9-17)11-20-15-12-5-3-4-6-13(12)18-10-14(15)19-16(20)21/h3-6,10H,2,7-9,11H2,1H3,(H,19,21). The Balaban J connectivity index is 1.93. The number of imidazole rings is 1. The molecule has 0 spiro atoms. The summed E-state index contributed by atoms with van der Waals surface area (Å²) in [5, 5.41) is 1.19. The highest BCUT2D eigenvalue weighted by Gasteiger charge is 2.42. The van der Waals surface area contributed by atoms with Gasteiger partial charge in [0.05, 0.1) is 22.7 Å². The van der Waals surface area contributed by atoms with E-state index in [9.17, 15) is 0 Å².